The van der Waals surface area contributed by atoms with Gasteiger partial charge >= 0.3 is 0 Å². The van der Waals surface area contributed by atoms with Crippen LogP contribution in [0.2, 0.25) is 0 Å². The Bertz CT molecular complexity index is 345. The molecule has 0 atom stereocenters. The number of nitrogens with two attached hydrogens (primary N) is 1. The molecule has 1 aromatic heterocycles. The molecule has 14 heavy (non-hydrogen) atoms. The fraction of sp³-hybridized carbons (Fsp3) is 0.545. The number of methoxy groups -OCH3 is 1. The maximum Gasteiger partial charge on any atom is 0.139 e. The van der Waals surface area contributed by atoms with Crippen molar-refractivity contribution in [1.82, 2.24) is 4.98 Å². The van der Waals surface area contributed by atoms with Crippen LogP contribution in [0.3, 0.4) is 0 Å². The van der Waals surface area contributed by atoms with Gasteiger partial charge in [0, 0.05) is 11.5 Å². The minimum atomic E-state index is 0.205. The van der Waals surface area contributed by atoms with Crippen molar-refractivity contribution in [3.05, 3.63) is 18.0 Å². The van der Waals surface area contributed by atoms with Crippen LogP contribution in [0.25, 0.3) is 0 Å². The van der Waals surface area contributed by atoms with Gasteiger partial charge in [-0.2, -0.15) is 0 Å². The normalized spacial score (nSPS) is 18.7. The molecule has 0 amide bonds. The highest BCUT2D eigenvalue weighted by molar-refractivity contribution is 5.50. The summed E-state index contributed by atoms with van der Waals surface area (Å²) in [5, 5.41) is 0. The molecule has 2 N–H and O–H groups in total. The molecule has 0 unspecified atom stereocenters. The van der Waals surface area contributed by atoms with Crippen molar-refractivity contribution in [3.63, 3.8) is 0 Å². The van der Waals surface area contributed by atoms with Crippen molar-refractivity contribution in [2.45, 2.75) is 31.6 Å². The molecule has 1 fully saturated rings. The van der Waals surface area contributed by atoms with Gasteiger partial charge in [-0.1, -0.05) is 13.3 Å². The van der Waals surface area contributed by atoms with E-state index >= 15 is 0 Å². The van der Waals surface area contributed by atoms with E-state index in [-0.39, 0.29) is 5.41 Å². The maximum absolute atomic E-state index is 5.95. The molecule has 3 nitrogen and oxygen atoms in total. The Hall–Kier alpha value is -1.25. The average molecular weight is 192 g/mol. The molecule has 0 aromatic carbocycles. The zero-order valence-electron chi connectivity index (χ0n) is 8.71. The first kappa shape index (κ1) is 9.31. The maximum atomic E-state index is 5.95. The van der Waals surface area contributed by atoms with Crippen LogP contribution in [0.5, 0.6) is 5.75 Å². The fourth-order valence-corrected chi connectivity index (χ4v) is 2.02. The zero-order valence-corrected chi connectivity index (χ0v) is 8.71. The highest BCUT2D eigenvalue weighted by Gasteiger charge is 2.36. The standard InChI is InChI=1S/C11H16N2O/c1-11(4-3-5-11)10-9(12)6-8(14-2)7-13-10/h6-7H,3-5,12H2,1-2H3. The first-order chi connectivity index (χ1) is 6.65. The van der Waals surface area contributed by atoms with Crippen LogP contribution < -0.4 is 10.5 Å². The highest BCUT2D eigenvalue weighted by atomic mass is 16.5. The first-order valence-electron chi connectivity index (χ1n) is 4.96. The Labute approximate surface area is 84.3 Å². The molecule has 1 aliphatic carbocycles. The molecule has 0 bridgehead atoms. The number of pyridine rings is 1. The van der Waals surface area contributed by atoms with Crippen LogP contribution >= 0.6 is 0 Å². The van der Waals surface area contributed by atoms with Crippen LogP contribution in [0.15, 0.2) is 12.3 Å². The third-order valence-corrected chi connectivity index (χ3v) is 3.16. The van der Waals surface area contributed by atoms with E-state index < -0.39 is 0 Å². The van der Waals surface area contributed by atoms with E-state index in [0.29, 0.717) is 0 Å². The third kappa shape index (κ3) is 1.33. The monoisotopic (exact) mass is 192 g/mol. The number of rotatable bonds is 2. The Balaban J connectivity index is 2.35. The third-order valence-electron chi connectivity index (χ3n) is 3.16. The van der Waals surface area contributed by atoms with Crippen LogP contribution in [0.1, 0.15) is 31.9 Å². The van der Waals surface area contributed by atoms with Crippen molar-refractivity contribution >= 4 is 5.69 Å². The Morgan fingerprint density at radius 1 is 1.50 bits per heavy atom. The molecule has 3 heteroatoms. The van der Waals surface area contributed by atoms with Crippen molar-refractivity contribution < 1.29 is 4.74 Å². The lowest BCUT2D eigenvalue weighted by atomic mass is 9.67. The van der Waals surface area contributed by atoms with E-state index in [1.165, 1.54) is 19.3 Å². The second-order valence-electron chi connectivity index (χ2n) is 4.23. The van der Waals surface area contributed by atoms with Gasteiger partial charge in [0.2, 0.25) is 0 Å². The average Bonchev–Trinajstić information content (AvgIpc) is 2.14. The van der Waals surface area contributed by atoms with Crippen LogP contribution in [-0.2, 0) is 5.41 Å². The summed E-state index contributed by atoms with van der Waals surface area (Å²) in [5.74, 6) is 0.731. The highest BCUT2D eigenvalue weighted by Crippen LogP contribution is 2.44. The summed E-state index contributed by atoms with van der Waals surface area (Å²) in [6.07, 6.45) is 5.41. The van der Waals surface area contributed by atoms with Gasteiger partial charge in [0.05, 0.1) is 24.7 Å². The number of nitrogen functional groups attached to an aromatic ring is 1. The molecule has 76 valence electrons. The van der Waals surface area contributed by atoms with Gasteiger partial charge in [-0.25, -0.2) is 0 Å². The summed E-state index contributed by atoms with van der Waals surface area (Å²) in [6, 6.07) is 1.85. The quantitative estimate of drug-likeness (QED) is 0.780. The zero-order chi connectivity index (χ0) is 10.2. The summed E-state index contributed by atoms with van der Waals surface area (Å²) in [7, 11) is 1.63. The molecule has 1 aliphatic rings. The minimum absolute atomic E-state index is 0.205. The van der Waals surface area contributed by atoms with Crippen LogP contribution in [-0.4, -0.2) is 12.1 Å². The molecule has 2 rings (SSSR count). The van der Waals surface area contributed by atoms with E-state index in [4.69, 9.17) is 10.5 Å². The van der Waals surface area contributed by atoms with Gasteiger partial charge in [0.25, 0.3) is 0 Å². The SMILES string of the molecule is COc1cnc(C2(C)CCC2)c(N)c1. The largest absolute Gasteiger partial charge is 0.495 e. The number of hydrogen-bond donors (Lipinski definition) is 1. The smallest absolute Gasteiger partial charge is 0.139 e. The number of anilines is 1. The van der Waals surface area contributed by atoms with Gasteiger partial charge in [0.1, 0.15) is 5.75 Å². The van der Waals surface area contributed by atoms with E-state index in [0.717, 1.165) is 17.1 Å². The second kappa shape index (κ2) is 3.15. The minimum Gasteiger partial charge on any atom is -0.495 e. The predicted octanol–water partition coefficient (Wildman–Crippen LogP) is 2.11. The van der Waals surface area contributed by atoms with Crippen molar-refractivity contribution in [2.24, 2.45) is 0 Å². The lowest BCUT2D eigenvalue weighted by molar-refractivity contribution is 0.265. The van der Waals surface area contributed by atoms with Gasteiger partial charge in [-0.3, -0.25) is 4.98 Å². The van der Waals surface area contributed by atoms with Gasteiger partial charge in [0.15, 0.2) is 0 Å². The topological polar surface area (TPSA) is 48.1 Å². The lowest BCUT2D eigenvalue weighted by Gasteiger charge is -2.38. The molecule has 0 spiro atoms. The van der Waals surface area contributed by atoms with Crippen LogP contribution in [0.4, 0.5) is 5.69 Å². The Morgan fingerprint density at radius 3 is 2.64 bits per heavy atom. The summed E-state index contributed by atoms with van der Waals surface area (Å²) in [4.78, 5) is 4.39. The lowest BCUT2D eigenvalue weighted by Crippen LogP contribution is -2.32. The number of nitrogens with zero attached hydrogens (tertiary/aromatic N) is 1. The van der Waals surface area contributed by atoms with Crippen molar-refractivity contribution in [1.29, 1.82) is 0 Å². The summed E-state index contributed by atoms with van der Waals surface area (Å²) in [5.41, 5.74) is 7.94. The van der Waals surface area contributed by atoms with E-state index in [1.807, 2.05) is 6.07 Å². The van der Waals surface area contributed by atoms with E-state index in [9.17, 15) is 0 Å². The first-order valence-corrected chi connectivity index (χ1v) is 4.96. The van der Waals surface area contributed by atoms with Crippen molar-refractivity contribution in [2.75, 3.05) is 12.8 Å². The molecular formula is C11H16N2O. The Morgan fingerprint density at radius 2 is 2.21 bits per heavy atom. The van der Waals surface area contributed by atoms with Crippen LogP contribution in [0, 0.1) is 0 Å². The Kier molecular flexibility index (Phi) is 2.10. The molecule has 0 aliphatic heterocycles. The molecular weight excluding hydrogens is 176 g/mol. The van der Waals surface area contributed by atoms with Gasteiger partial charge in [-0.05, 0) is 12.8 Å². The second-order valence-corrected chi connectivity index (χ2v) is 4.23. The summed E-state index contributed by atoms with van der Waals surface area (Å²) >= 11 is 0. The molecule has 1 saturated carbocycles. The van der Waals surface area contributed by atoms with Gasteiger partial charge in [-0.15, -0.1) is 0 Å². The molecule has 0 radical (unpaired) electrons. The number of aromatic nitrogens is 1. The number of ether oxygens (including phenoxy) is 1. The fourth-order valence-electron chi connectivity index (χ4n) is 2.02. The summed E-state index contributed by atoms with van der Waals surface area (Å²) < 4.78 is 5.07. The summed E-state index contributed by atoms with van der Waals surface area (Å²) in [6.45, 7) is 2.22. The molecule has 0 saturated heterocycles. The molecule has 1 aromatic rings. The number of hydrogen-bond acceptors (Lipinski definition) is 3. The van der Waals surface area contributed by atoms with Gasteiger partial charge < -0.3 is 10.5 Å². The van der Waals surface area contributed by atoms with E-state index in [1.54, 1.807) is 13.3 Å². The van der Waals surface area contributed by atoms with E-state index in [2.05, 4.69) is 11.9 Å². The molecule has 1 heterocycles. The predicted molar refractivity (Wildman–Crippen MR) is 56.4 cm³/mol. The van der Waals surface area contributed by atoms with Crippen molar-refractivity contribution in [3.8, 4) is 5.75 Å².